The third-order valence-electron chi connectivity index (χ3n) is 2.85. The van der Waals surface area contributed by atoms with Gasteiger partial charge in [0.05, 0.1) is 7.11 Å². The predicted octanol–water partition coefficient (Wildman–Crippen LogP) is 2.44. The number of methoxy groups -OCH3 is 1. The van der Waals surface area contributed by atoms with Gasteiger partial charge < -0.3 is 19.8 Å². The molecule has 0 amide bonds. The third-order valence-corrected chi connectivity index (χ3v) is 2.85. The van der Waals surface area contributed by atoms with Crippen LogP contribution in [0.3, 0.4) is 0 Å². The van der Waals surface area contributed by atoms with E-state index in [2.05, 4.69) is 14.7 Å². The number of aromatic carboxylic acids is 1. The Morgan fingerprint density at radius 2 is 1.80 bits per heavy atom. The summed E-state index contributed by atoms with van der Waals surface area (Å²) >= 11 is 0. The molecule has 0 aliphatic heterocycles. The molecule has 0 unspecified atom stereocenters. The Bertz CT molecular complexity index is 610. The van der Waals surface area contributed by atoms with Gasteiger partial charge in [-0.3, -0.25) is 0 Å². The number of carboxylic acid groups (broad SMARTS) is 1. The Balaban J connectivity index is 0.000000200. The van der Waals surface area contributed by atoms with Crippen LogP contribution in [-0.2, 0) is 4.74 Å². The molecule has 0 saturated carbocycles. The number of rotatable bonds is 2. The SMILES string of the molecule is COC(=O)c1cc(C)c[nH]1.Cc1c[nH]c(C(=O)O)c1C. The summed E-state index contributed by atoms with van der Waals surface area (Å²) in [5, 5.41) is 8.55. The van der Waals surface area contributed by atoms with Gasteiger partial charge in [0.2, 0.25) is 0 Å². The van der Waals surface area contributed by atoms with Crippen molar-refractivity contribution in [1.82, 2.24) is 9.97 Å². The molecule has 2 aromatic rings. The maximum atomic E-state index is 10.8. The molecule has 108 valence electrons. The Kier molecular flexibility index (Phi) is 5.14. The molecule has 0 spiro atoms. The van der Waals surface area contributed by atoms with Gasteiger partial charge in [-0.1, -0.05) is 0 Å². The normalized spacial score (nSPS) is 9.60. The predicted molar refractivity (Wildman–Crippen MR) is 74.1 cm³/mol. The number of aromatic nitrogens is 2. The summed E-state index contributed by atoms with van der Waals surface area (Å²) < 4.78 is 4.48. The van der Waals surface area contributed by atoms with Gasteiger partial charge in [-0.15, -0.1) is 0 Å². The van der Waals surface area contributed by atoms with E-state index in [9.17, 15) is 9.59 Å². The van der Waals surface area contributed by atoms with Crippen LogP contribution < -0.4 is 0 Å². The Morgan fingerprint density at radius 3 is 2.10 bits per heavy atom. The number of aromatic amines is 2. The molecule has 0 bridgehead atoms. The maximum Gasteiger partial charge on any atom is 0.354 e. The molecule has 2 aromatic heterocycles. The van der Waals surface area contributed by atoms with E-state index in [-0.39, 0.29) is 11.7 Å². The van der Waals surface area contributed by atoms with Crippen LogP contribution in [0.25, 0.3) is 0 Å². The lowest BCUT2D eigenvalue weighted by molar-refractivity contribution is 0.0594. The van der Waals surface area contributed by atoms with E-state index >= 15 is 0 Å². The van der Waals surface area contributed by atoms with Crippen molar-refractivity contribution in [2.75, 3.05) is 7.11 Å². The minimum atomic E-state index is -0.898. The first-order valence-corrected chi connectivity index (χ1v) is 5.98. The maximum absolute atomic E-state index is 10.8. The van der Waals surface area contributed by atoms with E-state index in [4.69, 9.17) is 5.11 Å². The molecule has 0 radical (unpaired) electrons. The molecule has 0 aliphatic rings. The van der Waals surface area contributed by atoms with Crippen molar-refractivity contribution >= 4 is 11.9 Å². The highest BCUT2D eigenvalue weighted by molar-refractivity contribution is 5.87. The summed E-state index contributed by atoms with van der Waals surface area (Å²) in [6, 6.07) is 1.74. The second-order valence-electron chi connectivity index (χ2n) is 4.36. The molecule has 20 heavy (non-hydrogen) atoms. The van der Waals surface area contributed by atoms with Crippen LogP contribution in [0.5, 0.6) is 0 Å². The van der Waals surface area contributed by atoms with Crippen LogP contribution >= 0.6 is 0 Å². The van der Waals surface area contributed by atoms with Crippen LogP contribution in [0.2, 0.25) is 0 Å². The average Bonchev–Trinajstić information content (AvgIpc) is 2.97. The molecular formula is C14H18N2O4. The lowest BCUT2D eigenvalue weighted by atomic mass is 10.2. The summed E-state index contributed by atoms with van der Waals surface area (Å²) in [7, 11) is 1.36. The topological polar surface area (TPSA) is 95.2 Å². The largest absolute Gasteiger partial charge is 0.477 e. The number of ether oxygens (including phenoxy) is 1. The first kappa shape index (κ1) is 15.6. The van der Waals surface area contributed by atoms with Crippen molar-refractivity contribution in [2.45, 2.75) is 20.8 Å². The molecule has 6 nitrogen and oxygen atoms in total. The zero-order valence-electron chi connectivity index (χ0n) is 11.9. The molecule has 0 aliphatic carbocycles. The lowest BCUT2D eigenvalue weighted by Gasteiger charge is -1.91. The van der Waals surface area contributed by atoms with Crippen molar-refractivity contribution in [3.63, 3.8) is 0 Å². The molecule has 0 saturated heterocycles. The van der Waals surface area contributed by atoms with Gasteiger partial charge in [-0.05, 0) is 43.5 Å². The lowest BCUT2D eigenvalue weighted by Crippen LogP contribution is -2.00. The number of carbonyl (C=O) groups is 2. The molecule has 0 aromatic carbocycles. The van der Waals surface area contributed by atoms with Gasteiger partial charge in [0.15, 0.2) is 0 Å². The molecule has 2 heterocycles. The number of carbonyl (C=O) groups excluding carboxylic acids is 1. The summed E-state index contributed by atoms with van der Waals surface area (Å²) in [6.07, 6.45) is 3.45. The van der Waals surface area contributed by atoms with Gasteiger partial charge in [0, 0.05) is 12.4 Å². The standard InChI is InChI=1S/2C7H9NO2/c1-5-3-6(8-4-5)7(9)10-2;1-4-3-8-6(5(4)2)7(9)10/h3-4,8H,1-2H3;3,8H,1-2H3,(H,9,10). The molecule has 0 fully saturated rings. The van der Waals surface area contributed by atoms with Crippen LogP contribution in [0.4, 0.5) is 0 Å². The zero-order chi connectivity index (χ0) is 15.3. The number of carboxylic acids is 1. The van der Waals surface area contributed by atoms with Crippen LogP contribution in [0.15, 0.2) is 18.5 Å². The van der Waals surface area contributed by atoms with Gasteiger partial charge in [-0.25, -0.2) is 9.59 Å². The summed E-state index contributed by atoms with van der Waals surface area (Å²) in [5.41, 5.74) is 3.61. The van der Waals surface area contributed by atoms with Gasteiger partial charge in [-0.2, -0.15) is 0 Å². The number of nitrogens with one attached hydrogen (secondary N) is 2. The highest BCUT2D eigenvalue weighted by Gasteiger charge is 2.09. The monoisotopic (exact) mass is 278 g/mol. The zero-order valence-corrected chi connectivity index (χ0v) is 11.9. The van der Waals surface area contributed by atoms with E-state index in [1.165, 1.54) is 7.11 Å². The number of hydrogen-bond donors (Lipinski definition) is 3. The van der Waals surface area contributed by atoms with Gasteiger partial charge in [0.25, 0.3) is 0 Å². The summed E-state index contributed by atoms with van der Waals surface area (Å²) in [5.74, 6) is -1.22. The molecule has 3 N–H and O–H groups in total. The summed E-state index contributed by atoms with van der Waals surface area (Å²) in [6.45, 7) is 5.57. The van der Waals surface area contributed by atoms with E-state index in [0.29, 0.717) is 5.69 Å². The quantitative estimate of drug-likeness (QED) is 0.735. The minimum Gasteiger partial charge on any atom is -0.477 e. The third kappa shape index (κ3) is 3.74. The van der Waals surface area contributed by atoms with E-state index in [0.717, 1.165) is 16.7 Å². The fourth-order valence-electron chi connectivity index (χ4n) is 1.55. The molecule has 0 atom stereocenters. The van der Waals surface area contributed by atoms with Crippen molar-refractivity contribution in [2.24, 2.45) is 0 Å². The van der Waals surface area contributed by atoms with Crippen LogP contribution in [0.1, 0.15) is 37.7 Å². The Morgan fingerprint density at radius 1 is 1.15 bits per heavy atom. The average molecular weight is 278 g/mol. The van der Waals surface area contributed by atoms with Crippen LogP contribution in [-0.4, -0.2) is 34.1 Å². The second kappa shape index (κ2) is 6.60. The summed E-state index contributed by atoms with van der Waals surface area (Å²) in [4.78, 5) is 26.6. The van der Waals surface area contributed by atoms with Gasteiger partial charge >= 0.3 is 11.9 Å². The smallest absolute Gasteiger partial charge is 0.354 e. The number of hydrogen-bond acceptors (Lipinski definition) is 3. The van der Waals surface area contributed by atoms with E-state index in [1.807, 2.05) is 13.8 Å². The van der Waals surface area contributed by atoms with E-state index < -0.39 is 5.97 Å². The first-order valence-electron chi connectivity index (χ1n) is 5.98. The first-order chi connectivity index (χ1) is 9.36. The van der Waals surface area contributed by atoms with Crippen LogP contribution in [0, 0.1) is 20.8 Å². The fourth-order valence-corrected chi connectivity index (χ4v) is 1.55. The number of esters is 1. The van der Waals surface area contributed by atoms with Crippen molar-refractivity contribution in [3.8, 4) is 0 Å². The van der Waals surface area contributed by atoms with Gasteiger partial charge in [0.1, 0.15) is 11.4 Å². The van der Waals surface area contributed by atoms with Crippen molar-refractivity contribution in [1.29, 1.82) is 0 Å². The Hall–Kier alpha value is -2.50. The Labute approximate surface area is 116 Å². The molecular weight excluding hydrogens is 260 g/mol. The highest BCUT2D eigenvalue weighted by Crippen LogP contribution is 2.10. The highest BCUT2D eigenvalue weighted by atomic mass is 16.5. The number of aryl methyl sites for hydroxylation is 2. The van der Waals surface area contributed by atoms with Crippen molar-refractivity contribution in [3.05, 3.63) is 46.5 Å². The molecule has 6 heteroatoms. The fraction of sp³-hybridized carbons (Fsp3) is 0.286. The minimum absolute atomic E-state index is 0.289. The molecule has 2 rings (SSSR count). The second-order valence-corrected chi connectivity index (χ2v) is 4.36. The number of H-pyrrole nitrogens is 2. The van der Waals surface area contributed by atoms with Crippen molar-refractivity contribution < 1.29 is 19.4 Å². The van der Waals surface area contributed by atoms with E-state index in [1.54, 1.807) is 25.4 Å².